The fourth-order valence-corrected chi connectivity index (χ4v) is 5.12. The minimum Gasteiger partial charge on any atom is -0.0888 e. The van der Waals surface area contributed by atoms with Crippen LogP contribution in [0.15, 0.2) is 48.1 Å². The van der Waals surface area contributed by atoms with Gasteiger partial charge in [-0.2, -0.15) is 0 Å². The number of unbranched alkanes of at least 4 members (excludes halogenated alkanes) is 5. The van der Waals surface area contributed by atoms with Gasteiger partial charge in [-0.05, 0) is 99.7 Å². The summed E-state index contributed by atoms with van der Waals surface area (Å²) in [6, 6.07) is 0. The third-order valence-corrected chi connectivity index (χ3v) is 9.57. The SMILES string of the molecule is CC/C=C/C(CC)C(C)C.CC/C=C/CC(C)C.CC/C=C/[C@@H](C)C(C)C.CCCCC(CC)C(C)C.CCCCC=C(C)C.CCCCCC(C)C. The summed E-state index contributed by atoms with van der Waals surface area (Å²) in [4.78, 5) is 0. The highest BCUT2D eigenvalue weighted by Crippen LogP contribution is 2.21. The average molecular weight is 747 g/mol. The van der Waals surface area contributed by atoms with Crippen molar-refractivity contribution in [2.24, 2.45) is 47.3 Å². The Morgan fingerprint density at radius 1 is 0.453 bits per heavy atom. The van der Waals surface area contributed by atoms with Crippen LogP contribution in [0.1, 0.15) is 248 Å². The van der Waals surface area contributed by atoms with Crippen molar-refractivity contribution in [1.29, 1.82) is 0 Å². The van der Waals surface area contributed by atoms with E-state index in [-0.39, 0.29) is 0 Å². The average Bonchev–Trinajstić information content (AvgIpc) is 3.09. The quantitative estimate of drug-likeness (QED) is 0.0764. The number of rotatable bonds is 22. The van der Waals surface area contributed by atoms with Crippen LogP contribution in [-0.2, 0) is 0 Å². The van der Waals surface area contributed by atoms with E-state index in [0.717, 1.165) is 53.8 Å². The van der Waals surface area contributed by atoms with E-state index in [2.05, 4.69) is 188 Å². The van der Waals surface area contributed by atoms with E-state index in [9.17, 15) is 0 Å². The molecule has 0 aromatic carbocycles. The normalized spacial score (nSPS) is 12.7. The second-order valence-electron chi connectivity index (χ2n) is 17.5. The van der Waals surface area contributed by atoms with Crippen molar-refractivity contribution in [3.05, 3.63) is 48.1 Å². The molecule has 0 bridgehead atoms. The van der Waals surface area contributed by atoms with Gasteiger partial charge in [0.2, 0.25) is 0 Å². The summed E-state index contributed by atoms with van der Waals surface area (Å²) >= 11 is 0. The molecule has 0 heteroatoms. The summed E-state index contributed by atoms with van der Waals surface area (Å²) in [6.07, 6.45) is 37.0. The molecule has 0 spiro atoms. The van der Waals surface area contributed by atoms with E-state index >= 15 is 0 Å². The van der Waals surface area contributed by atoms with Crippen molar-refractivity contribution in [2.45, 2.75) is 248 Å². The number of allylic oxidation sites excluding steroid dienone is 8. The van der Waals surface area contributed by atoms with Crippen LogP contribution in [0.5, 0.6) is 0 Å². The van der Waals surface area contributed by atoms with Gasteiger partial charge in [-0.15, -0.1) is 0 Å². The molecule has 322 valence electrons. The molecule has 0 fully saturated rings. The van der Waals surface area contributed by atoms with E-state index in [0.29, 0.717) is 0 Å². The second-order valence-corrected chi connectivity index (χ2v) is 17.5. The van der Waals surface area contributed by atoms with E-state index in [1.54, 1.807) is 0 Å². The summed E-state index contributed by atoms with van der Waals surface area (Å²) in [6.45, 7) is 47.2. The predicted octanol–water partition coefficient (Wildman–Crippen LogP) is 20.1. The lowest BCUT2D eigenvalue weighted by atomic mass is 9.89. The smallest absolute Gasteiger partial charge is 0.0213 e. The molecule has 0 saturated carbocycles. The Balaban J connectivity index is -0.000000125. The van der Waals surface area contributed by atoms with Crippen LogP contribution in [0.2, 0.25) is 0 Å². The molecule has 0 N–H and O–H groups in total. The van der Waals surface area contributed by atoms with Gasteiger partial charge in [0.05, 0.1) is 0 Å². The van der Waals surface area contributed by atoms with Gasteiger partial charge >= 0.3 is 0 Å². The van der Waals surface area contributed by atoms with Gasteiger partial charge in [0.15, 0.2) is 0 Å². The van der Waals surface area contributed by atoms with Crippen molar-refractivity contribution in [3.8, 4) is 0 Å². The first kappa shape index (κ1) is 63.9. The van der Waals surface area contributed by atoms with E-state index in [4.69, 9.17) is 0 Å². The first-order valence-electron chi connectivity index (χ1n) is 23.5. The maximum Gasteiger partial charge on any atom is -0.0213 e. The fraction of sp³-hybridized carbons (Fsp3) is 0.849. The van der Waals surface area contributed by atoms with E-state index in [1.165, 1.54) is 102 Å². The molecule has 2 unspecified atom stereocenters. The van der Waals surface area contributed by atoms with Crippen LogP contribution < -0.4 is 0 Å². The lowest BCUT2D eigenvalue weighted by molar-refractivity contribution is 0.339. The molecule has 0 amide bonds. The Morgan fingerprint density at radius 3 is 1.30 bits per heavy atom. The lowest BCUT2D eigenvalue weighted by Crippen LogP contribution is -2.06. The number of hydrogen-bond acceptors (Lipinski definition) is 0. The van der Waals surface area contributed by atoms with Crippen LogP contribution in [0.4, 0.5) is 0 Å². The van der Waals surface area contributed by atoms with Crippen LogP contribution in [0.3, 0.4) is 0 Å². The monoisotopic (exact) mass is 747 g/mol. The molecule has 0 nitrogen and oxygen atoms in total. The largest absolute Gasteiger partial charge is 0.0888 e. The van der Waals surface area contributed by atoms with Crippen molar-refractivity contribution in [3.63, 3.8) is 0 Å². The Morgan fingerprint density at radius 2 is 0.962 bits per heavy atom. The zero-order chi connectivity index (χ0) is 42.5. The zero-order valence-electron chi connectivity index (χ0n) is 41.5. The van der Waals surface area contributed by atoms with Crippen LogP contribution >= 0.6 is 0 Å². The molecule has 0 saturated heterocycles. The van der Waals surface area contributed by atoms with Gasteiger partial charge < -0.3 is 0 Å². The molecule has 0 aliphatic heterocycles. The van der Waals surface area contributed by atoms with Crippen LogP contribution in [-0.4, -0.2) is 0 Å². The molecule has 0 aromatic heterocycles. The van der Waals surface area contributed by atoms with Crippen molar-refractivity contribution >= 4 is 0 Å². The Kier molecular flexibility index (Phi) is 64.0. The standard InChI is InChI=1S/C10H22.C10H20.C9H18.C8H18.2C8H16/c2*1-5-7-8-10(6-2)9(3)4;1-5-6-7-9(4)8(2)3;3*1-4-5-6-7-8(2)3/h9-10H,5-8H2,1-4H3;7-10H,5-6H2,1-4H3;6-9H,5H2,1-4H3;8H,4-7H2,1-3H3;7H,4-6H2,1-3H3;5-6,8H,4,7H2,1-3H3/b;8-7+;7-6+;;;6-5+/t;;9-;;;/m..1.../s1. The maximum absolute atomic E-state index is 2.35. The molecule has 0 heterocycles. The summed E-state index contributed by atoms with van der Waals surface area (Å²) < 4.78 is 0. The summed E-state index contributed by atoms with van der Waals surface area (Å²) in [7, 11) is 0. The predicted molar refractivity (Wildman–Crippen MR) is 256 cm³/mol. The number of hydrogen-bond donors (Lipinski definition) is 0. The molecule has 0 aliphatic carbocycles. The van der Waals surface area contributed by atoms with Gasteiger partial charge in [0.25, 0.3) is 0 Å². The molecule has 0 rings (SSSR count). The van der Waals surface area contributed by atoms with Gasteiger partial charge in [-0.3, -0.25) is 0 Å². The molecule has 0 aliphatic rings. The van der Waals surface area contributed by atoms with Gasteiger partial charge in [0.1, 0.15) is 0 Å². The Hall–Kier alpha value is -1.04. The lowest BCUT2D eigenvalue weighted by Gasteiger charge is -2.17. The first-order chi connectivity index (χ1) is 24.9. The highest BCUT2D eigenvalue weighted by molar-refractivity contribution is 4.92. The highest BCUT2D eigenvalue weighted by atomic mass is 14.1. The van der Waals surface area contributed by atoms with Gasteiger partial charge in [0, 0.05) is 0 Å². The molecular weight excluding hydrogens is 637 g/mol. The topological polar surface area (TPSA) is 0 Å². The molecule has 0 aromatic rings. The van der Waals surface area contributed by atoms with Crippen molar-refractivity contribution in [2.75, 3.05) is 0 Å². The summed E-state index contributed by atoms with van der Waals surface area (Å²) in [5.74, 6) is 6.70. The molecule has 53 heavy (non-hydrogen) atoms. The Bertz CT molecular complexity index is 721. The van der Waals surface area contributed by atoms with Crippen LogP contribution in [0, 0.1) is 47.3 Å². The van der Waals surface area contributed by atoms with E-state index < -0.39 is 0 Å². The third kappa shape index (κ3) is 69.4. The maximum atomic E-state index is 2.35. The molecular formula is C53H110. The minimum atomic E-state index is 0.741. The summed E-state index contributed by atoms with van der Waals surface area (Å²) in [5.41, 5.74) is 1.44. The highest BCUT2D eigenvalue weighted by Gasteiger charge is 2.09. The zero-order valence-corrected chi connectivity index (χ0v) is 41.5. The van der Waals surface area contributed by atoms with E-state index in [1.807, 2.05) is 0 Å². The van der Waals surface area contributed by atoms with Crippen LogP contribution in [0.25, 0.3) is 0 Å². The second kappa shape index (κ2) is 53.1. The molecule has 3 atom stereocenters. The van der Waals surface area contributed by atoms with Crippen molar-refractivity contribution < 1.29 is 0 Å². The third-order valence-electron chi connectivity index (χ3n) is 9.57. The first-order valence-corrected chi connectivity index (χ1v) is 23.5. The van der Waals surface area contributed by atoms with Crippen molar-refractivity contribution in [1.82, 2.24) is 0 Å². The fourth-order valence-electron chi connectivity index (χ4n) is 5.12. The minimum absolute atomic E-state index is 0.741. The van der Waals surface area contributed by atoms with Gasteiger partial charge in [-0.1, -0.05) is 244 Å². The summed E-state index contributed by atoms with van der Waals surface area (Å²) in [5, 5.41) is 0. The Labute approximate surface area is 342 Å². The van der Waals surface area contributed by atoms with Gasteiger partial charge in [-0.25, -0.2) is 0 Å². The molecule has 0 radical (unpaired) electrons.